The quantitative estimate of drug-likeness (QED) is 0.853. The van der Waals surface area contributed by atoms with Gasteiger partial charge in [-0.2, -0.15) is 0 Å². The van der Waals surface area contributed by atoms with E-state index in [1.54, 1.807) is 4.90 Å². The molecule has 148 valence electrons. The van der Waals surface area contributed by atoms with Crippen molar-refractivity contribution in [3.63, 3.8) is 0 Å². The molecule has 2 aliphatic rings. The molecule has 0 bridgehead atoms. The van der Waals surface area contributed by atoms with E-state index < -0.39 is 29.9 Å². The van der Waals surface area contributed by atoms with Crippen LogP contribution in [0.2, 0.25) is 0 Å². The third-order valence-corrected chi connectivity index (χ3v) is 4.39. The largest absolute Gasteiger partial charge is 0.453 e. The Kier molecular flexibility index (Phi) is 5.94. The summed E-state index contributed by atoms with van der Waals surface area (Å²) in [6.07, 6.45) is -1.37. The number of hydrogen-bond acceptors (Lipinski definition) is 6. The molecule has 0 saturated carbocycles. The highest BCUT2D eigenvalue weighted by atomic mass is 19.1. The summed E-state index contributed by atoms with van der Waals surface area (Å²) in [4.78, 5) is 25.9. The molecule has 2 amide bonds. The van der Waals surface area contributed by atoms with Crippen LogP contribution >= 0.6 is 0 Å². The maximum atomic E-state index is 14.6. The summed E-state index contributed by atoms with van der Waals surface area (Å²) in [5.74, 6) is -1.51. The highest BCUT2D eigenvalue weighted by Crippen LogP contribution is 2.31. The average Bonchev–Trinajstić information content (AvgIpc) is 2.82. The van der Waals surface area contributed by atoms with Crippen LogP contribution in [0.15, 0.2) is 12.1 Å². The molecule has 1 aromatic carbocycles. The van der Waals surface area contributed by atoms with E-state index in [0.717, 1.165) is 17.0 Å². The molecule has 1 N–H and O–H groups in total. The second-order valence-corrected chi connectivity index (χ2v) is 6.20. The number of anilines is 2. The Hall–Kier alpha value is -2.62. The predicted octanol–water partition coefficient (Wildman–Crippen LogP) is 1.87. The van der Waals surface area contributed by atoms with E-state index in [1.807, 2.05) is 0 Å². The summed E-state index contributed by atoms with van der Waals surface area (Å²) in [6.45, 7) is 1.91. The van der Waals surface area contributed by atoms with Crippen molar-refractivity contribution in [1.82, 2.24) is 5.32 Å². The Morgan fingerprint density at radius 1 is 1.30 bits per heavy atom. The van der Waals surface area contributed by atoms with Crippen molar-refractivity contribution in [2.45, 2.75) is 12.5 Å². The lowest BCUT2D eigenvalue weighted by Gasteiger charge is -2.24. The Morgan fingerprint density at radius 2 is 2.04 bits per heavy atom. The number of rotatable bonds is 4. The fourth-order valence-electron chi connectivity index (χ4n) is 3.09. The van der Waals surface area contributed by atoms with Crippen molar-refractivity contribution in [2.24, 2.45) is 0 Å². The zero-order chi connectivity index (χ0) is 19.4. The van der Waals surface area contributed by atoms with Gasteiger partial charge in [-0.25, -0.2) is 18.4 Å². The number of amides is 2. The second-order valence-electron chi connectivity index (χ2n) is 6.20. The van der Waals surface area contributed by atoms with E-state index in [9.17, 15) is 18.4 Å². The number of cyclic esters (lactones) is 1. The fraction of sp³-hybridized carbons (Fsp3) is 0.529. The topological polar surface area (TPSA) is 80.3 Å². The second kappa shape index (κ2) is 8.38. The minimum Gasteiger partial charge on any atom is -0.453 e. The zero-order valence-corrected chi connectivity index (χ0v) is 14.9. The van der Waals surface area contributed by atoms with Crippen molar-refractivity contribution in [1.29, 1.82) is 0 Å². The van der Waals surface area contributed by atoms with Gasteiger partial charge in [0.15, 0.2) is 11.6 Å². The van der Waals surface area contributed by atoms with Gasteiger partial charge in [0.05, 0.1) is 32.5 Å². The van der Waals surface area contributed by atoms with Crippen LogP contribution in [-0.4, -0.2) is 64.8 Å². The Morgan fingerprint density at radius 3 is 2.74 bits per heavy atom. The van der Waals surface area contributed by atoms with E-state index in [2.05, 4.69) is 10.1 Å². The Labute approximate surface area is 154 Å². The highest BCUT2D eigenvalue weighted by Gasteiger charge is 2.34. The molecule has 1 aromatic rings. The molecule has 2 saturated heterocycles. The molecular formula is C17H21F2N3O5. The molecular weight excluding hydrogens is 364 g/mol. The van der Waals surface area contributed by atoms with Gasteiger partial charge in [0.1, 0.15) is 11.8 Å². The van der Waals surface area contributed by atoms with Crippen LogP contribution in [0, 0.1) is 11.6 Å². The SMILES string of the molecule is COC(=O)NC[C@H]1CN(c2cc(F)c(N3CCCOCC3)c(F)c2)C(=O)O1. The third kappa shape index (κ3) is 4.38. The normalized spacial score (nSPS) is 20.3. The molecule has 2 fully saturated rings. The van der Waals surface area contributed by atoms with E-state index in [-0.39, 0.29) is 24.5 Å². The number of methoxy groups -OCH3 is 1. The molecule has 2 heterocycles. The number of nitrogens with one attached hydrogen (secondary N) is 1. The van der Waals surface area contributed by atoms with Crippen molar-refractivity contribution in [3.05, 3.63) is 23.8 Å². The van der Waals surface area contributed by atoms with Crippen LogP contribution in [0.3, 0.4) is 0 Å². The van der Waals surface area contributed by atoms with Crippen LogP contribution in [0.5, 0.6) is 0 Å². The van der Waals surface area contributed by atoms with Gasteiger partial charge in [0.25, 0.3) is 0 Å². The van der Waals surface area contributed by atoms with Crippen LogP contribution in [0.25, 0.3) is 0 Å². The van der Waals surface area contributed by atoms with Crippen molar-refractivity contribution < 1.29 is 32.6 Å². The van der Waals surface area contributed by atoms with Crippen molar-refractivity contribution >= 4 is 23.6 Å². The molecule has 0 aromatic heterocycles. The number of carbonyl (C=O) groups is 2. The van der Waals surface area contributed by atoms with E-state index in [4.69, 9.17) is 9.47 Å². The van der Waals surface area contributed by atoms with E-state index in [1.165, 1.54) is 7.11 Å². The smallest absolute Gasteiger partial charge is 0.414 e. The van der Waals surface area contributed by atoms with E-state index in [0.29, 0.717) is 32.7 Å². The van der Waals surface area contributed by atoms with Crippen LogP contribution in [0.1, 0.15) is 6.42 Å². The lowest BCUT2D eigenvalue weighted by atomic mass is 10.2. The van der Waals surface area contributed by atoms with Gasteiger partial charge in [-0.3, -0.25) is 4.90 Å². The lowest BCUT2D eigenvalue weighted by Crippen LogP contribution is -2.34. The van der Waals surface area contributed by atoms with Gasteiger partial charge >= 0.3 is 12.2 Å². The van der Waals surface area contributed by atoms with Crippen LogP contribution < -0.4 is 15.1 Å². The number of carbonyl (C=O) groups excluding carboxylic acids is 2. The molecule has 0 aliphatic carbocycles. The van der Waals surface area contributed by atoms with Gasteiger partial charge in [0, 0.05) is 31.8 Å². The molecule has 8 nitrogen and oxygen atoms in total. The number of nitrogens with zero attached hydrogens (tertiary/aromatic N) is 2. The maximum Gasteiger partial charge on any atom is 0.414 e. The first-order valence-electron chi connectivity index (χ1n) is 8.61. The summed E-state index contributed by atoms with van der Waals surface area (Å²) in [5.41, 5.74) is -0.0638. The van der Waals surface area contributed by atoms with Gasteiger partial charge in [-0.1, -0.05) is 0 Å². The van der Waals surface area contributed by atoms with Gasteiger partial charge in [-0.05, 0) is 6.42 Å². The molecule has 0 spiro atoms. The average molecular weight is 385 g/mol. The zero-order valence-electron chi connectivity index (χ0n) is 14.9. The lowest BCUT2D eigenvalue weighted by molar-refractivity contribution is 0.132. The first kappa shape index (κ1) is 19.2. The van der Waals surface area contributed by atoms with Crippen LogP contribution in [-0.2, 0) is 14.2 Å². The summed E-state index contributed by atoms with van der Waals surface area (Å²) in [5, 5.41) is 2.42. The first-order chi connectivity index (χ1) is 13.0. The monoisotopic (exact) mass is 385 g/mol. The van der Waals surface area contributed by atoms with Crippen molar-refractivity contribution in [3.8, 4) is 0 Å². The summed E-state index contributed by atoms with van der Waals surface area (Å²) in [7, 11) is 1.21. The van der Waals surface area contributed by atoms with Gasteiger partial charge in [-0.15, -0.1) is 0 Å². The number of ether oxygens (including phenoxy) is 3. The van der Waals surface area contributed by atoms with Crippen LogP contribution in [0.4, 0.5) is 29.7 Å². The molecule has 0 radical (unpaired) electrons. The number of halogens is 2. The molecule has 10 heteroatoms. The summed E-state index contributed by atoms with van der Waals surface area (Å²) < 4.78 is 44.1. The molecule has 1 atom stereocenters. The summed E-state index contributed by atoms with van der Waals surface area (Å²) >= 11 is 0. The number of alkyl carbamates (subject to hydrolysis) is 1. The van der Waals surface area contributed by atoms with Gasteiger partial charge < -0.3 is 24.4 Å². The number of benzene rings is 1. The molecule has 27 heavy (non-hydrogen) atoms. The Bertz CT molecular complexity index is 687. The predicted molar refractivity (Wildman–Crippen MR) is 92.0 cm³/mol. The minimum atomic E-state index is -0.754. The summed E-state index contributed by atoms with van der Waals surface area (Å²) in [6, 6.07) is 2.23. The third-order valence-electron chi connectivity index (χ3n) is 4.39. The first-order valence-corrected chi connectivity index (χ1v) is 8.61. The maximum absolute atomic E-state index is 14.6. The van der Waals surface area contributed by atoms with Gasteiger partial charge in [0.2, 0.25) is 0 Å². The molecule has 2 aliphatic heterocycles. The fourth-order valence-corrected chi connectivity index (χ4v) is 3.09. The van der Waals surface area contributed by atoms with E-state index >= 15 is 0 Å². The standard InChI is InChI=1S/C17H21F2N3O5/c1-25-16(23)20-9-12-10-22(17(24)27-12)11-7-13(18)15(14(19)8-11)21-3-2-5-26-6-4-21/h7-8,12H,2-6,9-10H2,1H3,(H,20,23)/t12-/m0/s1. The highest BCUT2D eigenvalue weighted by molar-refractivity contribution is 5.90. The Balaban J connectivity index is 1.73. The number of hydrogen-bond donors (Lipinski definition) is 1. The molecule has 3 rings (SSSR count). The minimum absolute atomic E-state index is 0.0335. The van der Waals surface area contributed by atoms with Crippen molar-refractivity contribution in [2.75, 3.05) is 56.3 Å². The molecule has 0 unspecified atom stereocenters.